The molecule has 106 valence electrons. The van der Waals surface area contributed by atoms with Gasteiger partial charge in [0.15, 0.2) is 0 Å². The largest absolute Gasteiger partial charge is 1.00 e. The van der Waals surface area contributed by atoms with Crippen LogP contribution in [0.4, 0.5) is 0 Å². The van der Waals surface area contributed by atoms with Crippen molar-refractivity contribution in [2.75, 3.05) is 5.75 Å². The average Bonchev–Trinajstić information content (AvgIpc) is 2.37. The molecule has 0 saturated heterocycles. The monoisotopic (exact) mass is 316 g/mol. The molecule has 0 radical (unpaired) electrons. The minimum Gasteiger partial charge on any atom is -0.748 e. The Labute approximate surface area is 145 Å². The normalized spacial score (nSPS) is 11.1. The number of phenolic OH excluding ortho intramolecular Hbond substituents is 2. The van der Waals surface area contributed by atoms with E-state index in [0.29, 0.717) is 11.1 Å². The molecule has 21 heavy (non-hydrogen) atoms. The van der Waals surface area contributed by atoms with Crippen molar-refractivity contribution in [1.29, 1.82) is 0 Å². The Morgan fingerprint density at radius 1 is 0.857 bits per heavy atom. The van der Waals surface area contributed by atoms with E-state index in [2.05, 4.69) is 0 Å². The van der Waals surface area contributed by atoms with E-state index in [-0.39, 0.29) is 41.1 Å². The van der Waals surface area contributed by atoms with Crippen LogP contribution in [-0.2, 0) is 10.1 Å². The van der Waals surface area contributed by atoms with Crippen molar-refractivity contribution >= 4 is 10.1 Å². The van der Waals surface area contributed by atoms with Crippen molar-refractivity contribution < 1.29 is 52.7 Å². The molecule has 0 aromatic heterocycles. The van der Waals surface area contributed by atoms with Gasteiger partial charge in [0.1, 0.15) is 11.5 Å². The topological polar surface area (TPSA) is 97.7 Å². The van der Waals surface area contributed by atoms with Crippen LogP contribution in [0.2, 0.25) is 0 Å². The van der Waals surface area contributed by atoms with Crippen molar-refractivity contribution in [3.63, 3.8) is 0 Å². The molecule has 5 nitrogen and oxygen atoms in total. The molecule has 0 atom stereocenters. The third kappa shape index (κ3) is 5.33. The van der Waals surface area contributed by atoms with Crippen LogP contribution < -0.4 is 29.6 Å². The summed E-state index contributed by atoms with van der Waals surface area (Å²) < 4.78 is 33.2. The summed E-state index contributed by atoms with van der Waals surface area (Å²) in [5, 5.41) is 18.5. The first-order valence-corrected chi connectivity index (χ1v) is 7.44. The van der Waals surface area contributed by atoms with E-state index in [1.54, 1.807) is 24.3 Å². The van der Waals surface area contributed by atoms with Gasteiger partial charge in [0.2, 0.25) is 0 Å². The molecule has 0 bridgehead atoms. The second-order valence-electron chi connectivity index (χ2n) is 4.46. The summed E-state index contributed by atoms with van der Waals surface area (Å²) in [6.45, 7) is 0. The minimum absolute atomic E-state index is 0. The molecule has 0 fully saturated rings. The maximum Gasteiger partial charge on any atom is 1.00 e. The number of phenols is 2. The van der Waals surface area contributed by atoms with E-state index in [9.17, 15) is 23.2 Å². The Balaban J connectivity index is 0.00000220. The summed E-state index contributed by atoms with van der Waals surface area (Å²) in [4.78, 5) is 0. The van der Waals surface area contributed by atoms with Gasteiger partial charge in [-0.2, -0.15) is 0 Å². The zero-order valence-corrected chi connectivity index (χ0v) is 14.2. The van der Waals surface area contributed by atoms with Gasteiger partial charge in [-0.3, -0.25) is 0 Å². The van der Waals surface area contributed by atoms with Gasteiger partial charge in [-0.15, -0.1) is 0 Å². The minimum atomic E-state index is -4.41. The molecule has 0 aliphatic heterocycles. The SMILES string of the molecule is O=S(=O)([O-])CC(c1ccc(O)cc1)c1ccc(O)cc1.[Na+]. The van der Waals surface area contributed by atoms with Crippen molar-refractivity contribution in [3.8, 4) is 11.5 Å². The molecule has 0 spiro atoms. The van der Waals surface area contributed by atoms with Gasteiger partial charge >= 0.3 is 29.6 Å². The predicted molar refractivity (Wildman–Crippen MR) is 72.6 cm³/mol. The first-order valence-electron chi connectivity index (χ1n) is 5.86. The third-order valence-electron chi connectivity index (χ3n) is 2.96. The number of hydrogen-bond donors (Lipinski definition) is 2. The van der Waals surface area contributed by atoms with Crippen LogP contribution in [0, 0.1) is 0 Å². The zero-order chi connectivity index (χ0) is 14.8. The molecular weight excluding hydrogens is 303 g/mol. The fraction of sp³-hybridized carbons (Fsp3) is 0.143. The average molecular weight is 316 g/mol. The molecule has 0 amide bonds. The Kier molecular flexibility index (Phi) is 6.24. The van der Waals surface area contributed by atoms with E-state index < -0.39 is 21.8 Å². The Bertz CT molecular complexity index is 635. The maximum absolute atomic E-state index is 11.1. The summed E-state index contributed by atoms with van der Waals surface area (Å²) in [5.74, 6) is -1.10. The van der Waals surface area contributed by atoms with E-state index in [1.165, 1.54) is 24.3 Å². The molecular formula is C14H13NaO5S. The Morgan fingerprint density at radius 2 is 1.19 bits per heavy atom. The number of rotatable bonds is 4. The van der Waals surface area contributed by atoms with Crippen LogP contribution in [0.25, 0.3) is 0 Å². The standard InChI is InChI=1S/C14H14O5S.Na/c15-12-5-1-10(2-6-12)14(9-20(17,18)19)11-3-7-13(16)8-4-11;/h1-8,14-16H,9H2,(H,17,18,19);/q;+1/p-1. The third-order valence-corrected chi connectivity index (χ3v) is 3.70. The summed E-state index contributed by atoms with van der Waals surface area (Å²) >= 11 is 0. The smallest absolute Gasteiger partial charge is 0.748 e. The van der Waals surface area contributed by atoms with Gasteiger partial charge in [-0.1, -0.05) is 24.3 Å². The van der Waals surface area contributed by atoms with Gasteiger partial charge < -0.3 is 14.8 Å². The second-order valence-corrected chi connectivity index (χ2v) is 5.91. The molecule has 0 saturated carbocycles. The van der Waals surface area contributed by atoms with E-state index >= 15 is 0 Å². The van der Waals surface area contributed by atoms with Gasteiger partial charge in [-0.05, 0) is 35.4 Å². The fourth-order valence-corrected chi connectivity index (χ4v) is 2.80. The quantitative estimate of drug-likeness (QED) is 0.544. The van der Waals surface area contributed by atoms with E-state index in [4.69, 9.17) is 0 Å². The molecule has 0 aliphatic carbocycles. The second kappa shape index (κ2) is 7.29. The first-order chi connectivity index (χ1) is 9.35. The fourth-order valence-electron chi connectivity index (χ4n) is 2.00. The Morgan fingerprint density at radius 3 is 1.48 bits per heavy atom. The summed E-state index contributed by atoms with van der Waals surface area (Å²) in [6, 6.07) is 12.0. The molecule has 0 unspecified atom stereocenters. The maximum atomic E-state index is 11.1. The van der Waals surface area contributed by atoms with Gasteiger partial charge in [0, 0.05) is 11.7 Å². The van der Waals surface area contributed by atoms with Crippen LogP contribution >= 0.6 is 0 Å². The molecule has 2 aromatic carbocycles. The van der Waals surface area contributed by atoms with Gasteiger partial charge in [-0.25, -0.2) is 8.42 Å². The number of aromatic hydroxyl groups is 2. The predicted octanol–water partition coefficient (Wildman–Crippen LogP) is -1.22. The van der Waals surface area contributed by atoms with Crippen molar-refractivity contribution in [3.05, 3.63) is 59.7 Å². The number of hydrogen-bond acceptors (Lipinski definition) is 5. The first kappa shape index (κ1) is 18.0. The van der Waals surface area contributed by atoms with Crippen LogP contribution in [0.15, 0.2) is 48.5 Å². The van der Waals surface area contributed by atoms with Crippen LogP contribution in [0.1, 0.15) is 17.0 Å². The summed E-state index contributed by atoms with van der Waals surface area (Å²) in [5.41, 5.74) is 1.21. The molecule has 7 heteroatoms. The van der Waals surface area contributed by atoms with Crippen molar-refractivity contribution in [1.82, 2.24) is 0 Å². The summed E-state index contributed by atoms with van der Waals surface area (Å²) in [6.07, 6.45) is 0. The molecule has 2 aromatic rings. The van der Waals surface area contributed by atoms with Gasteiger partial charge in [0.05, 0.1) is 10.1 Å². The molecule has 0 heterocycles. The molecule has 2 N–H and O–H groups in total. The van der Waals surface area contributed by atoms with Crippen LogP contribution in [0.5, 0.6) is 11.5 Å². The molecule has 2 rings (SSSR count). The molecule has 0 aliphatic rings. The van der Waals surface area contributed by atoms with E-state index in [1.807, 2.05) is 0 Å². The Hall–Kier alpha value is -1.05. The van der Waals surface area contributed by atoms with Crippen LogP contribution in [-0.4, -0.2) is 28.9 Å². The van der Waals surface area contributed by atoms with Crippen molar-refractivity contribution in [2.24, 2.45) is 0 Å². The summed E-state index contributed by atoms with van der Waals surface area (Å²) in [7, 11) is -4.41. The van der Waals surface area contributed by atoms with E-state index in [0.717, 1.165) is 0 Å². The zero-order valence-electron chi connectivity index (χ0n) is 11.4. The van der Waals surface area contributed by atoms with Crippen LogP contribution in [0.3, 0.4) is 0 Å². The van der Waals surface area contributed by atoms with Gasteiger partial charge in [0.25, 0.3) is 0 Å². The number of benzene rings is 2. The van der Waals surface area contributed by atoms with Crippen molar-refractivity contribution in [2.45, 2.75) is 5.92 Å².